The van der Waals surface area contributed by atoms with Crippen LogP contribution in [0.25, 0.3) is 0 Å². The maximum Gasteiger partial charge on any atom is 0.494 e. The summed E-state index contributed by atoms with van der Waals surface area (Å²) >= 11 is 0. The van der Waals surface area contributed by atoms with Crippen molar-refractivity contribution in [3.8, 4) is 5.75 Å². The molecule has 2 heterocycles. The van der Waals surface area contributed by atoms with Crippen molar-refractivity contribution in [2.45, 2.75) is 57.6 Å². The zero-order chi connectivity index (χ0) is 21.6. The van der Waals surface area contributed by atoms with Crippen LogP contribution in [0.3, 0.4) is 0 Å². The maximum atomic E-state index is 14.4. The molecule has 2 aliphatic rings. The first kappa shape index (κ1) is 21.4. The largest absolute Gasteiger partial charge is 0.494 e. The van der Waals surface area contributed by atoms with Gasteiger partial charge in [-0.1, -0.05) is 6.07 Å². The number of halogens is 1. The van der Waals surface area contributed by atoms with Crippen molar-refractivity contribution in [1.82, 2.24) is 4.90 Å². The molecule has 2 aliphatic heterocycles. The number of primary amides is 1. The highest BCUT2D eigenvalue weighted by atomic mass is 19.1. The summed E-state index contributed by atoms with van der Waals surface area (Å²) in [6.45, 7) is 7.56. The van der Waals surface area contributed by atoms with Gasteiger partial charge in [-0.15, -0.1) is 0 Å². The molecule has 29 heavy (non-hydrogen) atoms. The number of ether oxygens (including phenoxy) is 1. The molecule has 0 unspecified atom stereocenters. The predicted molar refractivity (Wildman–Crippen MR) is 104 cm³/mol. The first-order valence-corrected chi connectivity index (χ1v) is 9.49. The summed E-state index contributed by atoms with van der Waals surface area (Å²) in [7, 11) is -0.681. The van der Waals surface area contributed by atoms with Crippen LogP contribution in [0, 0.1) is 0 Å². The molecule has 3 rings (SSSR count). The van der Waals surface area contributed by atoms with Gasteiger partial charge in [0, 0.05) is 13.0 Å². The molecule has 2 fully saturated rings. The third-order valence-electron chi connectivity index (χ3n) is 5.83. The summed E-state index contributed by atoms with van der Waals surface area (Å²) in [6, 6.07) is 4.75. The van der Waals surface area contributed by atoms with Crippen LogP contribution in [0.15, 0.2) is 18.2 Å². The zero-order valence-corrected chi connectivity index (χ0v) is 17.0. The molecule has 158 valence electrons. The average Bonchev–Trinajstić information content (AvgIpc) is 2.84. The van der Waals surface area contributed by atoms with E-state index in [-0.39, 0.29) is 30.8 Å². The number of hydrogen-bond donors (Lipinski definition) is 2. The Hall–Kier alpha value is -2.33. The second kappa shape index (κ2) is 7.49. The van der Waals surface area contributed by atoms with Crippen LogP contribution < -0.4 is 15.9 Å². The molecule has 0 bridgehead atoms. The van der Waals surface area contributed by atoms with Gasteiger partial charge in [-0.05, 0) is 45.3 Å². The van der Waals surface area contributed by atoms with Gasteiger partial charge in [0.05, 0.1) is 23.3 Å². The normalized spacial score (nSPS) is 25.7. The fraction of sp³-hybridized carbons (Fsp3) is 0.579. The van der Waals surface area contributed by atoms with Crippen molar-refractivity contribution < 1.29 is 33.1 Å². The highest BCUT2D eigenvalue weighted by Crippen LogP contribution is 2.36. The molecule has 2 atom stereocenters. The Morgan fingerprint density at radius 2 is 1.90 bits per heavy atom. The van der Waals surface area contributed by atoms with E-state index in [0.717, 1.165) is 4.90 Å². The van der Waals surface area contributed by atoms with Crippen molar-refractivity contribution in [2.24, 2.45) is 5.73 Å². The Balaban J connectivity index is 1.79. The fourth-order valence-electron chi connectivity index (χ4n) is 3.32. The highest BCUT2D eigenvalue weighted by molar-refractivity contribution is 6.62. The van der Waals surface area contributed by atoms with E-state index in [1.165, 1.54) is 12.1 Å². The Morgan fingerprint density at radius 1 is 1.28 bits per heavy atom. The molecule has 1 aromatic rings. The number of hydrogen-bond acceptors (Lipinski definition) is 5. The van der Waals surface area contributed by atoms with E-state index < -0.39 is 42.6 Å². The molecule has 3 N–H and O–H groups in total. The van der Waals surface area contributed by atoms with Crippen LogP contribution in [0.5, 0.6) is 5.75 Å². The molecule has 2 saturated heterocycles. The lowest BCUT2D eigenvalue weighted by atomic mass is 9.78. The van der Waals surface area contributed by atoms with Gasteiger partial charge in [-0.2, -0.15) is 0 Å². The average molecular weight is 408 g/mol. The summed E-state index contributed by atoms with van der Waals surface area (Å²) in [6.07, 6.45) is -3.38. The molecular weight excluding hydrogens is 382 g/mol. The minimum atomic E-state index is -1.51. The highest BCUT2D eigenvalue weighted by Gasteiger charge is 2.51. The number of likely N-dealkylation sites (tertiary alicyclic amines) is 1. The molecule has 0 radical (unpaired) electrons. The Morgan fingerprint density at radius 3 is 2.41 bits per heavy atom. The molecule has 0 saturated carbocycles. The summed E-state index contributed by atoms with van der Waals surface area (Å²) in [4.78, 5) is 24.0. The number of amides is 2. The van der Waals surface area contributed by atoms with Crippen LogP contribution in [-0.4, -0.2) is 65.7 Å². The first-order chi connectivity index (χ1) is 13.4. The van der Waals surface area contributed by atoms with Crippen LogP contribution in [0.1, 0.15) is 44.5 Å². The van der Waals surface area contributed by atoms with E-state index >= 15 is 0 Å². The number of carboxylic acid groups (broad SMARTS) is 1. The molecule has 0 spiro atoms. The van der Waals surface area contributed by atoms with Crippen molar-refractivity contribution in [1.29, 1.82) is 0 Å². The van der Waals surface area contributed by atoms with Crippen LogP contribution in [0.4, 0.5) is 9.18 Å². The number of benzene rings is 1. The minimum Gasteiger partial charge on any atom is -0.486 e. The predicted octanol–water partition coefficient (Wildman–Crippen LogP) is 1.55. The number of nitrogens with zero attached hydrogens (tertiary/aromatic N) is 1. The van der Waals surface area contributed by atoms with E-state index in [1.54, 1.807) is 6.07 Å². The van der Waals surface area contributed by atoms with Crippen molar-refractivity contribution in [3.63, 3.8) is 0 Å². The van der Waals surface area contributed by atoms with Gasteiger partial charge in [0.25, 0.3) is 5.91 Å². The number of alkyl halides is 1. The smallest absolute Gasteiger partial charge is 0.486 e. The minimum absolute atomic E-state index is 0.0880. The second-order valence-corrected chi connectivity index (χ2v) is 8.40. The molecule has 1 aromatic carbocycles. The molecule has 0 aliphatic carbocycles. The molecule has 2 amide bonds. The fourth-order valence-corrected chi connectivity index (χ4v) is 3.32. The van der Waals surface area contributed by atoms with E-state index in [4.69, 9.17) is 24.9 Å². The number of carbonyl (C=O) groups excluding carboxylic acids is 1. The third-order valence-corrected chi connectivity index (χ3v) is 5.83. The third kappa shape index (κ3) is 4.18. The second-order valence-electron chi connectivity index (χ2n) is 8.40. The quantitative estimate of drug-likeness (QED) is 0.732. The molecule has 8 nitrogen and oxygen atoms in total. The topological polar surface area (TPSA) is 111 Å². The lowest BCUT2D eigenvalue weighted by Crippen LogP contribution is -2.49. The Kier molecular flexibility index (Phi) is 5.53. The van der Waals surface area contributed by atoms with Gasteiger partial charge in [-0.3, -0.25) is 4.79 Å². The van der Waals surface area contributed by atoms with Gasteiger partial charge >= 0.3 is 13.2 Å². The summed E-state index contributed by atoms with van der Waals surface area (Å²) in [5, 5.41) is 8.99. The Bertz CT molecular complexity index is 802. The number of rotatable bonds is 4. The van der Waals surface area contributed by atoms with Gasteiger partial charge in [0.2, 0.25) is 0 Å². The standard InChI is InChI=1S/C19H26BFN2O6/c1-18(2)19(3,4)29-20(28-18)11-5-6-14(12(9-11)16(22)24)27-15-7-8-23(17(25)26)10-13(15)21/h5-6,9,13,15H,7-8,10H2,1-4H3,(H2,22,24)(H,25,26)/t13-,15+/m0/s1. The monoisotopic (exact) mass is 408 g/mol. The maximum absolute atomic E-state index is 14.4. The van der Waals surface area contributed by atoms with Crippen molar-refractivity contribution in [3.05, 3.63) is 23.8 Å². The zero-order valence-electron chi connectivity index (χ0n) is 17.0. The number of piperidine rings is 1. The van der Waals surface area contributed by atoms with E-state index in [9.17, 15) is 14.0 Å². The lowest BCUT2D eigenvalue weighted by Gasteiger charge is -2.33. The van der Waals surface area contributed by atoms with Gasteiger partial charge in [0.15, 0.2) is 6.17 Å². The molecular formula is C19H26BFN2O6. The number of carbonyl (C=O) groups is 2. The van der Waals surface area contributed by atoms with E-state index in [0.29, 0.717) is 5.46 Å². The van der Waals surface area contributed by atoms with Gasteiger partial charge in [0.1, 0.15) is 11.9 Å². The SMILES string of the molecule is CC1(C)OB(c2ccc(O[C@@H]3CCN(C(=O)O)C[C@@H]3F)c(C(N)=O)c2)OC1(C)C. The van der Waals surface area contributed by atoms with Crippen molar-refractivity contribution in [2.75, 3.05) is 13.1 Å². The summed E-state index contributed by atoms with van der Waals surface area (Å²) in [5.74, 6) is -0.578. The van der Waals surface area contributed by atoms with Crippen molar-refractivity contribution >= 4 is 24.6 Å². The van der Waals surface area contributed by atoms with E-state index in [2.05, 4.69) is 0 Å². The van der Waals surface area contributed by atoms with Crippen LogP contribution in [-0.2, 0) is 9.31 Å². The van der Waals surface area contributed by atoms with E-state index in [1.807, 2.05) is 27.7 Å². The summed E-state index contributed by atoms with van der Waals surface area (Å²) in [5.41, 5.74) is 5.11. The van der Waals surface area contributed by atoms with Crippen LogP contribution in [0.2, 0.25) is 0 Å². The Labute approximate surface area is 169 Å². The molecule has 10 heteroatoms. The molecule has 0 aromatic heterocycles. The van der Waals surface area contributed by atoms with Gasteiger partial charge < -0.3 is 29.8 Å². The summed E-state index contributed by atoms with van der Waals surface area (Å²) < 4.78 is 32.1. The lowest BCUT2D eigenvalue weighted by molar-refractivity contribution is 0.00578. The first-order valence-electron chi connectivity index (χ1n) is 9.49. The van der Waals surface area contributed by atoms with Gasteiger partial charge in [-0.25, -0.2) is 9.18 Å². The van der Waals surface area contributed by atoms with Crippen LogP contribution >= 0.6 is 0 Å². The number of nitrogens with two attached hydrogens (primary N) is 1.